The SMILES string of the molecule is C[C@H]1[C@H](NC(=O)OCI)C(=O)N1S(=O)(=O)O. The van der Waals surface area contributed by atoms with Crippen LogP contribution in [-0.2, 0) is 19.8 Å². The highest BCUT2D eigenvalue weighted by molar-refractivity contribution is 14.1. The number of ether oxygens (including phenoxy) is 1. The second-order valence-electron chi connectivity index (χ2n) is 3.02. The minimum atomic E-state index is -4.56. The van der Waals surface area contributed by atoms with E-state index in [1.54, 1.807) is 22.6 Å². The average Bonchev–Trinajstić information content (AvgIpc) is 2.13. The molecule has 16 heavy (non-hydrogen) atoms. The average molecular weight is 364 g/mol. The smallest absolute Gasteiger partial charge is 0.408 e. The van der Waals surface area contributed by atoms with Crippen LogP contribution in [-0.4, -0.2) is 46.0 Å². The number of hydrogen-bond donors (Lipinski definition) is 2. The third kappa shape index (κ3) is 2.55. The van der Waals surface area contributed by atoms with Crippen LogP contribution in [0.5, 0.6) is 0 Å². The van der Waals surface area contributed by atoms with Crippen molar-refractivity contribution in [1.82, 2.24) is 9.62 Å². The molecule has 0 aromatic rings. The first-order valence-electron chi connectivity index (χ1n) is 4.09. The summed E-state index contributed by atoms with van der Waals surface area (Å²) in [5, 5.41) is 2.19. The lowest BCUT2D eigenvalue weighted by Crippen LogP contribution is -2.70. The van der Waals surface area contributed by atoms with Crippen molar-refractivity contribution in [3.8, 4) is 0 Å². The monoisotopic (exact) mass is 364 g/mol. The number of carbonyl (C=O) groups is 2. The summed E-state index contributed by atoms with van der Waals surface area (Å²) < 4.78 is 35.0. The quantitative estimate of drug-likeness (QED) is 0.302. The number of alkyl halides is 1. The zero-order chi connectivity index (χ0) is 12.5. The molecule has 1 heterocycles. The molecule has 92 valence electrons. The molecule has 0 aliphatic carbocycles. The summed E-state index contributed by atoms with van der Waals surface area (Å²) in [6.07, 6.45) is -0.811. The van der Waals surface area contributed by atoms with Crippen LogP contribution in [0.25, 0.3) is 0 Å². The van der Waals surface area contributed by atoms with E-state index in [0.717, 1.165) is 0 Å². The molecule has 1 aliphatic rings. The van der Waals surface area contributed by atoms with Gasteiger partial charge in [-0.2, -0.15) is 8.42 Å². The Morgan fingerprint density at radius 2 is 2.25 bits per heavy atom. The van der Waals surface area contributed by atoms with Gasteiger partial charge >= 0.3 is 16.4 Å². The van der Waals surface area contributed by atoms with E-state index in [4.69, 9.17) is 4.55 Å². The molecule has 2 amide bonds. The van der Waals surface area contributed by atoms with Crippen LogP contribution in [0.2, 0.25) is 0 Å². The highest BCUT2D eigenvalue weighted by atomic mass is 127. The van der Waals surface area contributed by atoms with Crippen LogP contribution >= 0.6 is 22.6 Å². The molecular weight excluding hydrogens is 355 g/mol. The van der Waals surface area contributed by atoms with Crippen molar-refractivity contribution in [2.24, 2.45) is 0 Å². The highest BCUT2D eigenvalue weighted by Crippen LogP contribution is 2.22. The third-order valence-corrected chi connectivity index (χ3v) is 3.36. The van der Waals surface area contributed by atoms with Crippen LogP contribution in [0, 0.1) is 0 Å². The van der Waals surface area contributed by atoms with E-state index in [1.165, 1.54) is 6.92 Å². The molecule has 8 nitrogen and oxygen atoms in total. The third-order valence-electron chi connectivity index (χ3n) is 2.04. The molecule has 0 spiro atoms. The van der Waals surface area contributed by atoms with Gasteiger partial charge in [-0.25, -0.2) is 9.10 Å². The van der Waals surface area contributed by atoms with Gasteiger partial charge in [-0.3, -0.25) is 9.35 Å². The first-order chi connectivity index (χ1) is 7.29. The van der Waals surface area contributed by atoms with Crippen LogP contribution in [0.3, 0.4) is 0 Å². The van der Waals surface area contributed by atoms with Gasteiger partial charge in [0.15, 0.2) is 0 Å². The fourth-order valence-corrected chi connectivity index (χ4v) is 2.49. The molecule has 1 rings (SSSR count). The molecule has 1 saturated heterocycles. The summed E-state index contributed by atoms with van der Waals surface area (Å²) in [6.45, 7) is 1.38. The number of carbonyl (C=O) groups excluding carboxylic acids is 2. The number of β-lactam (4-membered cyclic amide) rings is 1. The largest absolute Gasteiger partial charge is 0.439 e. The lowest BCUT2D eigenvalue weighted by Gasteiger charge is -2.41. The second-order valence-corrected chi connectivity index (χ2v) is 4.93. The number of rotatable bonds is 3. The first-order valence-corrected chi connectivity index (χ1v) is 7.01. The number of nitrogens with zero attached hydrogens (tertiary/aromatic N) is 1. The Morgan fingerprint density at radius 3 is 2.62 bits per heavy atom. The van der Waals surface area contributed by atoms with Crippen molar-refractivity contribution in [2.75, 3.05) is 4.61 Å². The molecule has 1 fully saturated rings. The molecular formula is C6H9IN2O6S. The number of alkyl carbamates (subject to hydrolysis) is 1. The topological polar surface area (TPSA) is 113 Å². The predicted molar refractivity (Wildman–Crippen MR) is 60.1 cm³/mol. The highest BCUT2D eigenvalue weighted by Gasteiger charge is 2.51. The van der Waals surface area contributed by atoms with Crippen molar-refractivity contribution in [2.45, 2.75) is 19.0 Å². The summed E-state index contributed by atoms with van der Waals surface area (Å²) in [5.41, 5.74) is 0. The Kier molecular flexibility index (Phi) is 3.96. The maximum absolute atomic E-state index is 11.3. The van der Waals surface area contributed by atoms with Gasteiger partial charge in [0.2, 0.25) is 0 Å². The maximum Gasteiger partial charge on any atom is 0.408 e. The Bertz CT molecular complexity index is 409. The Balaban J connectivity index is 2.63. The minimum absolute atomic E-state index is 0.112. The van der Waals surface area contributed by atoms with Crippen molar-refractivity contribution < 1.29 is 27.3 Å². The van der Waals surface area contributed by atoms with E-state index < -0.39 is 34.4 Å². The number of amides is 2. The van der Waals surface area contributed by atoms with Crippen LogP contribution < -0.4 is 5.32 Å². The summed E-state index contributed by atoms with van der Waals surface area (Å²) in [7, 11) is -4.56. The fourth-order valence-electron chi connectivity index (χ4n) is 1.32. The van der Waals surface area contributed by atoms with Crippen molar-refractivity contribution in [3.63, 3.8) is 0 Å². The number of hydrogen-bond acceptors (Lipinski definition) is 5. The van der Waals surface area contributed by atoms with Gasteiger partial charge in [0.05, 0.1) is 6.04 Å². The molecule has 2 atom stereocenters. The van der Waals surface area contributed by atoms with Crippen LogP contribution in [0.4, 0.5) is 4.79 Å². The number of nitrogens with one attached hydrogen (secondary N) is 1. The fraction of sp³-hybridized carbons (Fsp3) is 0.667. The molecule has 0 saturated carbocycles. The lowest BCUT2D eigenvalue weighted by atomic mass is 10.0. The van der Waals surface area contributed by atoms with Gasteiger partial charge < -0.3 is 10.1 Å². The Morgan fingerprint density at radius 1 is 1.69 bits per heavy atom. The van der Waals surface area contributed by atoms with E-state index in [1.807, 2.05) is 0 Å². The zero-order valence-corrected chi connectivity index (χ0v) is 11.1. The van der Waals surface area contributed by atoms with Crippen molar-refractivity contribution >= 4 is 44.9 Å². The zero-order valence-electron chi connectivity index (χ0n) is 8.08. The molecule has 1 aliphatic heterocycles. The summed E-state index contributed by atoms with van der Waals surface area (Å²) >= 11 is 1.79. The van der Waals surface area contributed by atoms with Gasteiger partial charge in [0.25, 0.3) is 5.91 Å². The van der Waals surface area contributed by atoms with Gasteiger partial charge in [-0.15, -0.1) is 0 Å². The standard InChI is InChI=1S/C6H9IN2O6S/c1-3-4(8-6(11)15-2-7)5(10)9(3)16(12,13)14/h3-4H,2H2,1H3,(H,8,11)(H,12,13,14)/t3-,4-/m0/s1. The Labute approximate surface area is 105 Å². The van der Waals surface area contributed by atoms with E-state index in [0.29, 0.717) is 4.31 Å². The molecule has 0 aromatic carbocycles. The van der Waals surface area contributed by atoms with Gasteiger partial charge in [-0.1, -0.05) is 0 Å². The maximum atomic E-state index is 11.3. The molecule has 0 bridgehead atoms. The second kappa shape index (κ2) is 4.71. The first kappa shape index (κ1) is 13.4. The summed E-state index contributed by atoms with van der Waals surface area (Å²) in [6, 6.07) is -1.82. The van der Waals surface area contributed by atoms with Crippen LogP contribution in [0.15, 0.2) is 0 Å². The lowest BCUT2D eigenvalue weighted by molar-refractivity contribution is -0.141. The van der Waals surface area contributed by atoms with Gasteiger partial charge in [0, 0.05) is 0 Å². The normalized spacial score (nSPS) is 24.9. The Hall–Kier alpha value is -0.620. The summed E-state index contributed by atoms with van der Waals surface area (Å²) in [4.78, 5) is 22.2. The van der Waals surface area contributed by atoms with E-state index in [9.17, 15) is 18.0 Å². The molecule has 0 unspecified atom stereocenters. The summed E-state index contributed by atoms with van der Waals surface area (Å²) in [5.74, 6) is -0.889. The minimum Gasteiger partial charge on any atom is -0.439 e. The predicted octanol–water partition coefficient (Wildman–Crippen LogP) is -0.493. The molecule has 2 N–H and O–H groups in total. The number of halogens is 1. The van der Waals surface area contributed by atoms with E-state index >= 15 is 0 Å². The molecule has 0 radical (unpaired) electrons. The van der Waals surface area contributed by atoms with Gasteiger partial charge in [0.1, 0.15) is 10.7 Å². The van der Waals surface area contributed by atoms with E-state index in [-0.39, 0.29) is 4.61 Å². The molecule has 0 aromatic heterocycles. The van der Waals surface area contributed by atoms with E-state index in [2.05, 4.69) is 10.1 Å². The van der Waals surface area contributed by atoms with Gasteiger partial charge in [-0.05, 0) is 29.5 Å². The van der Waals surface area contributed by atoms with Crippen LogP contribution in [0.1, 0.15) is 6.92 Å². The molecule has 10 heteroatoms. The van der Waals surface area contributed by atoms with Crippen molar-refractivity contribution in [3.05, 3.63) is 0 Å². The van der Waals surface area contributed by atoms with Crippen molar-refractivity contribution in [1.29, 1.82) is 0 Å².